The van der Waals surface area contributed by atoms with E-state index in [1.54, 1.807) is 0 Å². The minimum Gasteiger partial charge on any atom is -0.395 e. The summed E-state index contributed by atoms with van der Waals surface area (Å²) in [5.41, 5.74) is -0.428. The lowest BCUT2D eigenvalue weighted by Gasteiger charge is -2.22. The zero-order valence-electron chi connectivity index (χ0n) is 9.71. The van der Waals surface area contributed by atoms with Gasteiger partial charge < -0.3 is 15.2 Å². The molecule has 2 aliphatic rings. The highest BCUT2D eigenvalue weighted by Crippen LogP contribution is 2.45. The molecule has 2 N–H and O–H groups in total. The van der Waals surface area contributed by atoms with E-state index in [9.17, 15) is 4.79 Å². The number of amides is 1. The highest BCUT2D eigenvalue weighted by molar-refractivity contribution is 5.85. The summed E-state index contributed by atoms with van der Waals surface area (Å²) in [7, 11) is 0. The molecule has 2 fully saturated rings. The van der Waals surface area contributed by atoms with Crippen molar-refractivity contribution in [3.8, 4) is 0 Å². The van der Waals surface area contributed by atoms with E-state index in [0.29, 0.717) is 12.5 Å². The maximum Gasteiger partial charge on any atom is 0.228 e. The van der Waals surface area contributed by atoms with Crippen molar-refractivity contribution < 1.29 is 14.6 Å². The summed E-state index contributed by atoms with van der Waals surface area (Å²) in [6.45, 7) is 2.43. The minimum absolute atomic E-state index is 0.00856. The van der Waals surface area contributed by atoms with Crippen LogP contribution in [0.15, 0.2) is 0 Å². The summed E-state index contributed by atoms with van der Waals surface area (Å²) in [5.74, 6) is 0.630. The van der Waals surface area contributed by atoms with E-state index in [1.807, 2.05) is 0 Å². The van der Waals surface area contributed by atoms with Crippen LogP contribution in [-0.2, 0) is 9.53 Å². The topological polar surface area (TPSA) is 58.6 Å². The van der Waals surface area contributed by atoms with E-state index in [1.165, 1.54) is 6.42 Å². The number of aliphatic hydroxyl groups excluding tert-OH is 1. The fourth-order valence-electron chi connectivity index (χ4n) is 2.22. The number of hydrogen-bond acceptors (Lipinski definition) is 3. The second-order valence-electron chi connectivity index (χ2n) is 5.07. The molecule has 0 aromatic carbocycles. The first-order valence-electron chi connectivity index (χ1n) is 6.24. The summed E-state index contributed by atoms with van der Waals surface area (Å²) in [6, 6.07) is 0. The van der Waals surface area contributed by atoms with Crippen molar-refractivity contribution in [2.45, 2.75) is 32.1 Å². The van der Waals surface area contributed by atoms with Gasteiger partial charge in [-0.1, -0.05) is 0 Å². The van der Waals surface area contributed by atoms with Crippen molar-refractivity contribution in [3.05, 3.63) is 0 Å². The molecule has 1 atom stereocenters. The molecule has 1 amide bonds. The zero-order chi connectivity index (χ0) is 11.4. The Balaban J connectivity index is 1.62. The number of carbonyl (C=O) groups is 1. The molecule has 0 aromatic heterocycles. The van der Waals surface area contributed by atoms with Gasteiger partial charge in [0.15, 0.2) is 0 Å². The Bertz CT molecular complexity index is 245. The summed E-state index contributed by atoms with van der Waals surface area (Å²) in [5, 5.41) is 12.0. The lowest BCUT2D eigenvalue weighted by Crippen LogP contribution is -2.35. The molecule has 0 radical (unpaired) electrons. The lowest BCUT2D eigenvalue weighted by molar-refractivity contribution is -0.127. The van der Waals surface area contributed by atoms with Crippen LogP contribution >= 0.6 is 0 Å². The smallest absolute Gasteiger partial charge is 0.228 e. The van der Waals surface area contributed by atoms with Crippen molar-refractivity contribution in [3.63, 3.8) is 0 Å². The summed E-state index contributed by atoms with van der Waals surface area (Å²) in [6.07, 6.45) is 5.01. The first-order valence-corrected chi connectivity index (χ1v) is 6.24. The Morgan fingerprint density at radius 1 is 1.50 bits per heavy atom. The molecule has 2 rings (SSSR count). The van der Waals surface area contributed by atoms with Crippen LogP contribution in [0.25, 0.3) is 0 Å². The first kappa shape index (κ1) is 11.9. The van der Waals surface area contributed by atoms with Gasteiger partial charge in [0.05, 0.1) is 12.0 Å². The third kappa shape index (κ3) is 2.74. The van der Waals surface area contributed by atoms with E-state index in [-0.39, 0.29) is 12.5 Å². The Hall–Kier alpha value is -0.610. The first-order chi connectivity index (χ1) is 7.77. The number of hydrogen-bond donors (Lipinski definition) is 2. The van der Waals surface area contributed by atoms with E-state index >= 15 is 0 Å². The predicted octanol–water partition coefficient (Wildman–Crippen LogP) is 0.692. The maximum atomic E-state index is 11.7. The molecule has 1 heterocycles. The monoisotopic (exact) mass is 227 g/mol. The fourth-order valence-corrected chi connectivity index (χ4v) is 2.22. The average Bonchev–Trinajstić information content (AvgIpc) is 3.11. The Kier molecular flexibility index (Phi) is 3.82. The van der Waals surface area contributed by atoms with Gasteiger partial charge in [-0.15, -0.1) is 0 Å². The minimum atomic E-state index is -0.428. The average molecular weight is 227 g/mol. The Morgan fingerprint density at radius 3 is 2.88 bits per heavy atom. The largest absolute Gasteiger partial charge is 0.395 e. The molecule has 4 nitrogen and oxygen atoms in total. The second kappa shape index (κ2) is 5.15. The molecular weight excluding hydrogens is 206 g/mol. The summed E-state index contributed by atoms with van der Waals surface area (Å²) < 4.78 is 5.39. The summed E-state index contributed by atoms with van der Waals surface area (Å²) >= 11 is 0. The molecule has 1 saturated heterocycles. The molecule has 1 saturated carbocycles. The van der Waals surface area contributed by atoms with Crippen LogP contribution in [0.3, 0.4) is 0 Å². The van der Waals surface area contributed by atoms with Crippen molar-refractivity contribution in [2.24, 2.45) is 11.3 Å². The molecule has 1 aliphatic heterocycles. The quantitative estimate of drug-likeness (QED) is 0.726. The number of nitrogens with one attached hydrogen (secondary N) is 1. The van der Waals surface area contributed by atoms with Gasteiger partial charge in [-0.2, -0.15) is 0 Å². The molecule has 1 aliphatic carbocycles. The van der Waals surface area contributed by atoms with Gasteiger partial charge in [0.2, 0.25) is 5.91 Å². The van der Waals surface area contributed by atoms with E-state index in [4.69, 9.17) is 9.84 Å². The van der Waals surface area contributed by atoms with Gasteiger partial charge in [0.1, 0.15) is 0 Å². The Morgan fingerprint density at radius 2 is 2.31 bits per heavy atom. The van der Waals surface area contributed by atoms with Crippen LogP contribution < -0.4 is 5.32 Å². The molecule has 0 bridgehead atoms. The SMILES string of the molecule is O=C(NCC[C@@H]1CCCOC1)C1(CO)CC1. The van der Waals surface area contributed by atoms with Crippen LogP contribution in [0.1, 0.15) is 32.1 Å². The van der Waals surface area contributed by atoms with Crippen molar-refractivity contribution in [1.82, 2.24) is 5.32 Å². The highest BCUT2D eigenvalue weighted by Gasteiger charge is 2.49. The number of aliphatic hydroxyl groups is 1. The van der Waals surface area contributed by atoms with Gasteiger partial charge in [0, 0.05) is 19.8 Å². The fraction of sp³-hybridized carbons (Fsp3) is 0.917. The van der Waals surface area contributed by atoms with Gasteiger partial charge in [-0.3, -0.25) is 4.79 Å². The number of carbonyl (C=O) groups excluding carboxylic acids is 1. The van der Waals surface area contributed by atoms with Crippen LogP contribution in [0.2, 0.25) is 0 Å². The van der Waals surface area contributed by atoms with Gasteiger partial charge in [-0.05, 0) is 38.0 Å². The van der Waals surface area contributed by atoms with Crippen LogP contribution in [0, 0.1) is 11.3 Å². The van der Waals surface area contributed by atoms with E-state index in [0.717, 1.165) is 38.9 Å². The van der Waals surface area contributed by atoms with Gasteiger partial charge >= 0.3 is 0 Å². The molecule has 0 spiro atoms. The molecule has 16 heavy (non-hydrogen) atoms. The maximum absolute atomic E-state index is 11.7. The lowest BCUT2D eigenvalue weighted by atomic mass is 9.98. The number of ether oxygens (including phenoxy) is 1. The summed E-state index contributed by atoms with van der Waals surface area (Å²) in [4.78, 5) is 11.7. The van der Waals surface area contributed by atoms with Crippen LogP contribution in [0.5, 0.6) is 0 Å². The second-order valence-corrected chi connectivity index (χ2v) is 5.07. The molecular formula is C12H21NO3. The van der Waals surface area contributed by atoms with Crippen molar-refractivity contribution in [1.29, 1.82) is 0 Å². The molecule has 92 valence electrons. The van der Waals surface area contributed by atoms with E-state index in [2.05, 4.69) is 5.32 Å². The highest BCUT2D eigenvalue weighted by atomic mass is 16.5. The molecule has 0 aromatic rings. The number of rotatable bonds is 5. The van der Waals surface area contributed by atoms with Crippen molar-refractivity contribution >= 4 is 5.91 Å². The van der Waals surface area contributed by atoms with E-state index < -0.39 is 5.41 Å². The predicted molar refractivity (Wildman–Crippen MR) is 59.9 cm³/mol. The third-order valence-corrected chi connectivity index (χ3v) is 3.73. The normalized spacial score (nSPS) is 27.4. The Labute approximate surface area is 96.4 Å². The third-order valence-electron chi connectivity index (χ3n) is 3.73. The van der Waals surface area contributed by atoms with Crippen molar-refractivity contribution in [2.75, 3.05) is 26.4 Å². The zero-order valence-corrected chi connectivity index (χ0v) is 9.71. The van der Waals surface area contributed by atoms with Gasteiger partial charge in [0.25, 0.3) is 0 Å². The van der Waals surface area contributed by atoms with Gasteiger partial charge in [-0.25, -0.2) is 0 Å². The molecule has 4 heteroatoms. The van der Waals surface area contributed by atoms with Crippen LogP contribution in [0.4, 0.5) is 0 Å². The van der Waals surface area contributed by atoms with Crippen LogP contribution in [-0.4, -0.2) is 37.4 Å². The standard InChI is InChI=1S/C12H21NO3/c14-9-12(4-5-12)11(15)13-6-3-10-2-1-7-16-8-10/h10,14H,1-9H2,(H,13,15)/t10-/m0/s1. The molecule has 0 unspecified atom stereocenters.